The second-order valence-electron chi connectivity index (χ2n) is 2.75. The molecule has 0 bridgehead atoms. The molecule has 2 aromatic heterocycles. The summed E-state index contributed by atoms with van der Waals surface area (Å²) in [5, 5.41) is 13.3. The average Bonchev–Trinajstić information content (AvgIpc) is 2.65. The predicted molar refractivity (Wildman–Crippen MR) is 55.2 cm³/mol. The third-order valence-electron chi connectivity index (χ3n) is 1.63. The Balaban J connectivity index is 2.05. The smallest absolute Gasteiger partial charge is 0.223 e. The molecule has 4 N–H and O–H groups in total. The molecule has 0 fully saturated rings. The minimum absolute atomic E-state index is 0.130. The summed E-state index contributed by atoms with van der Waals surface area (Å²) >= 11 is 5.71. The number of halogens is 1. The first-order valence-electron chi connectivity index (χ1n) is 4.12. The average molecular weight is 226 g/mol. The first-order chi connectivity index (χ1) is 7.24. The van der Waals surface area contributed by atoms with Gasteiger partial charge in [0.2, 0.25) is 5.95 Å². The summed E-state index contributed by atoms with van der Waals surface area (Å²) in [4.78, 5) is 7.68. The SMILES string of the molecule is Nc1nc(Cl)cc(NCc2cn[nH]n2)n1. The summed E-state index contributed by atoms with van der Waals surface area (Å²) in [6, 6.07) is 1.58. The third-order valence-corrected chi connectivity index (χ3v) is 1.82. The van der Waals surface area contributed by atoms with Gasteiger partial charge in [-0.1, -0.05) is 11.6 Å². The largest absolute Gasteiger partial charge is 0.368 e. The Morgan fingerprint density at radius 1 is 1.47 bits per heavy atom. The van der Waals surface area contributed by atoms with Crippen LogP contribution in [0.1, 0.15) is 5.69 Å². The van der Waals surface area contributed by atoms with Crippen LogP contribution in [0.5, 0.6) is 0 Å². The number of H-pyrrole nitrogens is 1. The van der Waals surface area contributed by atoms with Crippen molar-refractivity contribution in [3.8, 4) is 0 Å². The van der Waals surface area contributed by atoms with E-state index in [1.54, 1.807) is 12.3 Å². The lowest BCUT2D eigenvalue weighted by molar-refractivity contribution is 0.909. The van der Waals surface area contributed by atoms with Crippen LogP contribution in [0.2, 0.25) is 5.15 Å². The van der Waals surface area contributed by atoms with Gasteiger partial charge < -0.3 is 11.1 Å². The van der Waals surface area contributed by atoms with Crippen LogP contribution in [0.3, 0.4) is 0 Å². The van der Waals surface area contributed by atoms with Gasteiger partial charge in [0.05, 0.1) is 12.7 Å². The number of nitrogens with zero attached hydrogens (tertiary/aromatic N) is 4. The number of aromatic amines is 1. The predicted octanol–water partition coefficient (Wildman–Crippen LogP) is 0.442. The quantitative estimate of drug-likeness (QED) is 0.655. The van der Waals surface area contributed by atoms with E-state index in [2.05, 4.69) is 30.7 Å². The zero-order valence-corrected chi connectivity index (χ0v) is 8.36. The van der Waals surface area contributed by atoms with E-state index in [0.29, 0.717) is 17.5 Å². The number of rotatable bonds is 3. The van der Waals surface area contributed by atoms with Crippen molar-refractivity contribution in [2.24, 2.45) is 0 Å². The Labute approximate surface area is 90.1 Å². The van der Waals surface area contributed by atoms with Crippen molar-refractivity contribution in [2.75, 3.05) is 11.1 Å². The fourth-order valence-corrected chi connectivity index (χ4v) is 1.21. The number of aromatic nitrogens is 5. The number of nitrogens with one attached hydrogen (secondary N) is 2. The Kier molecular flexibility index (Phi) is 2.64. The zero-order valence-electron chi connectivity index (χ0n) is 7.61. The first kappa shape index (κ1) is 9.66. The van der Waals surface area contributed by atoms with Gasteiger partial charge in [-0.25, -0.2) is 4.98 Å². The van der Waals surface area contributed by atoms with Crippen LogP contribution in [0.15, 0.2) is 12.3 Å². The Morgan fingerprint density at radius 2 is 2.33 bits per heavy atom. The maximum atomic E-state index is 5.71. The molecular weight excluding hydrogens is 218 g/mol. The highest BCUT2D eigenvalue weighted by Crippen LogP contribution is 2.12. The minimum Gasteiger partial charge on any atom is -0.368 e. The van der Waals surface area contributed by atoms with Gasteiger partial charge in [-0.3, -0.25) is 0 Å². The Hall–Kier alpha value is -1.89. The molecule has 0 atom stereocenters. The van der Waals surface area contributed by atoms with Crippen LogP contribution in [-0.4, -0.2) is 25.4 Å². The van der Waals surface area contributed by atoms with Crippen molar-refractivity contribution >= 4 is 23.4 Å². The normalized spacial score (nSPS) is 10.2. The van der Waals surface area contributed by atoms with Gasteiger partial charge in [0.15, 0.2) is 0 Å². The monoisotopic (exact) mass is 225 g/mol. The molecule has 0 saturated carbocycles. The first-order valence-corrected chi connectivity index (χ1v) is 4.50. The number of hydrogen-bond acceptors (Lipinski definition) is 6. The van der Waals surface area contributed by atoms with Crippen molar-refractivity contribution in [1.29, 1.82) is 0 Å². The van der Waals surface area contributed by atoms with Gasteiger partial charge in [-0.05, 0) is 0 Å². The van der Waals surface area contributed by atoms with Crippen molar-refractivity contribution < 1.29 is 0 Å². The van der Waals surface area contributed by atoms with Gasteiger partial charge >= 0.3 is 0 Å². The van der Waals surface area contributed by atoms with Crippen molar-refractivity contribution in [1.82, 2.24) is 25.4 Å². The molecule has 2 aromatic rings. The van der Waals surface area contributed by atoms with Crippen LogP contribution >= 0.6 is 11.6 Å². The van der Waals surface area contributed by atoms with Gasteiger partial charge in [0, 0.05) is 6.07 Å². The topological polar surface area (TPSA) is 105 Å². The molecule has 0 spiro atoms. The standard InChI is InChI=1S/C7H8ClN7/c8-5-1-6(13-7(9)12-5)10-2-4-3-11-15-14-4/h1,3H,2H2,(H,11,14,15)(H3,9,10,12,13). The molecule has 0 aromatic carbocycles. The molecule has 0 aliphatic carbocycles. The van der Waals surface area contributed by atoms with E-state index in [-0.39, 0.29) is 5.95 Å². The fraction of sp³-hybridized carbons (Fsp3) is 0.143. The molecule has 2 heterocycles. The molecule has 0 aliphatic heterocycles. The zero-order chi connectivity index (χ0) is 10.7. The van der Waals surface area contributed by atoms with Crippen LogP contribution < -0.4 is 11.1 Å². The molecule has 8 heteroatoms. The summed E-state index contributed by atoms with van der Waals surface area (Å²) in [7, 11) is 0. The maximum absolute atomic E-state index is 5.71. The third kappa shape index (κ3) is 2.53. The lowest BCUT2D eigenvalue weighted by atomic mass is 10.4. The van der Waals surface area contributed by atoms with E-state index in [0.717, 1.165) is 5.69 Å². The number of hydrogen-bond donors (Lipinski definition) is 3. The lowest BCUT2D eigenvalue weighted by Crippen LogP contribution is -2.04. The van der Waals surface area contributed by atoms with E-state index < -0.39 is 0 Å². The van der Waals surface area contributed by atoms with Crippen molar-refractivity contribution in [3.63, 3.8) is 0 Å². The van der Waals surface area contributed by atoms with Crippen LogP contribution in [0, 0.1) is 0 Å². The highest BCUT2D eigenvalue weighted by atomic mass is 35.5. The summed E-state index contributed by atoms with van der Waals surface area (Å²) < 4.78 is 0. The molecule has 2 rings (SSSR count). The summed E-state index contributed by atoms with van der Waals surface area (Å²) in [5.74, 6) is 0.681. The summed E-state index contributed by atoms with van der Waals surface area (Å²) in [6.45, 7) is 0.489. The molecular formula is C7H8ClN7. The van der Waals surface area contributed by atoms with Crippen LogP contribution in [0.4, 0.5) is 11.8 Å². The summed E-state index contributed by atoms with van der Waals surface area (Å²) in [6.07, 6.45) is 1.61. The second kappa shape index (κ2) is 4.09. The summed E-state index contributed by atoms with van der Waals surface area (Å²) in [5.41, 5.74) is 6.19. The molecule has 78 valence electrons. The van der Waals surface area contributed by atoms with Gasteiger partial charge in [0.25, 0.3) is 0 Å². The molecule has 0 aliphatic rings. The Morgan fingerprint density at radius 3 is 3.00 bits per heavy atom. The lowest BCUT2D eigenvalue weighted by Gasteiger charge is -2.03. The second-order valence-corrected chi connectivity index (χ2v) is 3.14. The number of nitrogen functional groups attached to an aromatic ring is 1. The molecule has 0 unspecified atom stereocenters. The highest BCUT2D eigenvalue weighted by molar-refractivity contribution is 6.29. The van der Waals surface area contributed by atoms with E-state index in [9.17, 15) is 0 Å². The van der Waals surface area contributed by atoms with E-state index in [1.807, 2.05) is 0 Å². The van der Waals surface area contributed by atoms with E-state index in [1.165, 1.54) is 0 Å². The van der Waals surface area contributed by atoms with Crippen LogP contribution in [0.25, 0.3) is 0 Å². The fourth-order valence-electron chi connectivity index (χ4n) is 1.02. The molecule has 0 radical (unpaired) electrons. The molecule has 0 saturated heterocycles. The Bertz CT molecular complexity index is 420. The van der Waals surface area contributed by atoms with Crippen LogP contribution in [-0.2, 0) is 6.54 Å². The maximum Gasteiger partial charge on any atom is 0.223 e. The van der Waals surface area contributed by atoms with E-state index >= 15 is 0 Å². The highest BCUT2D eigenvalue weighted by Gasteiger charge is 2.01. The minimum atomic E-state index is 0.130. The molecule has 15 heavy (non-hydrogen) atoms. The van der Waals surface area contributed by atoms with Gasteiger partial charge in [-0.2, -0.15) is 20.4 Å². The van der Waals surface area contributed by atoms with Crippen molar-refractivity contribution in [2.45, 2.75) is 6.54 Å². The molecule has 7 nitrogen and oxygen atoms in total. The number of nitrogens with two attached hydrogens (primary N) is 1. The number of anilines is 2. The van der Waals surface area contributed by atoms with E-state index in [4.69, 9.17) is 17.3 Å². The molecule has 0 amide bonds. The van der Waals surface area contributed by atoms with Crippen molar-refractivity contribution in [3.05, 3.63) is 23.1 Å². The van der Waals surface area contributed by atoms with Gasteiger partial charge in [0.1, 0.15) is 16.7 Å². The van der Waals surface area contributed by atoms with Gasteiger partial charge in [-0.15, -0.1) is 0 Å².